The lowest BCUT2D eigenvalue weighted by atomic mass is 10.2. The number of benzene rings is 1. The second-order valence-corrected chi connectivity index (χ2v) is 6.11. The summed E-state index contributed by atoms with van der Waals surface area (Å²) in [5, 5.41) is 6.99. The van der Waals surface area contributed by atoms with Gasteiger partial charge < -0.3 is 9.64 Å². The number of H-pyrrole nitrogens is 1. The summed E-state index contributed by atoms with van der Waals surface area (Å²) in [5.41, 5.74) is 1.13. The second kappa shape index (κ2) is 7.55. The molecule has 128 valence electrons. The van der Waals surface area contributed by atoms with Crippen LogP contribution in [0.5, 0.6) is 0 Å². The predicted molar refractivity (Wildman–Crippen MR) is 89.2 cm³/mol. The number of aromatic amines is 1. The second-order valence-electron chi connectivity index (χ2n) is 6.11. The highest BCUT2D eigenvalue weighted by Crippen LogP contribution is 2.19. The number of nitrogens with zero attached hydrogens (tertiary/aromatic N) is 4. The van der Waals surface area contributed by atoms with E-state index in [9.17, 15) is 4.79 Å². The van der Waals surface area contributed by atoms with Crippen LogP contribution in [0.1, 0.15) is 23.3 Å². The predicted octanol–water partition coefficient (Wildman–Crippen LogP) is 1.15. The van der Waals surface area contributed by atoms with Gasteiger partial charge in [-0.3, -0.25) is 14.8 Å². The number of carbonyl (C=O) groups excluding carboxylic acids is 1. The molecule has 3 rings (SSSR count). The minimum Gasteiger partial charge on any atom is -0.367 e. The van der Waals surface area contributed by atoms with Crippen LogP contribution in [0.2, 0.25) is 0 Å². The van der Waals surface area contributed by atoms with E-state index in [-0.39, 0.29) is 12.0 Å². The molecule has 1 fully saturated rings. The molecule has 0 saturated carbocycles. The zero-order valence-corrected chi connectivity index (χ0v) is 14.1. The molecule has 0 spiro atoms. The monoisotopic (exact) mass is 329 g/mol. The minimum absolute atomic E-state index is 0.102. The van der Waals surface area contributed by atoms with Gasteiger partial charge in [0.1, 0.15) is 11.9 Å². The molecule has 1 aromatic carbocycles. The first-order valence-corrected chi connectivity index (χ1v) is 8.12. The Balaban J connectivity index is 1.53. The van der Waals surface area contributed by atoms with Crippen molar-refractivity contribution < 1.29 is 9.53 Å². The van der Waals surface area contributed by atoms with Gasteiger partial charge in [0.25, 0.3) is 0 Å². The van der Waals surface area contributed by atoms with Crippen LogP contribution in [0, 0.1) is 6.92 Å². The summed E-state index contributed by atoms with van der Waals surface area (Å²) >= 11 is 0. The Morgan fingerprint density at radius 1 is 1.42 bits per heavy atom. The number of rotatable bonds is 5. The Labute approximate surface area is 141 Å². The number of aryl methyl sites for hydroxylation is 1. The molecular weight excluding hydrogens is 306 g/mol. The lowest BCUT2D eigenvalue weighted by Crippen LogP contribution is -2.44. The highest BCUT2D eigenvalue weighted by molar-refractivity contribution is 5.78. The van der Waals surface area contributed by atoms with E-state index in [2.05, 4.69) is 20.1 Å². The third-order valence-corrected chi connectivity index (χ3v) is 4.10. The van der Waals surface area contributed by atoms with Gasteiger partial charge >= 0.3 is 0 Å². The Morgan fingerprint density at radius 2 is 2.21 bits per heavy atom. The van der Waals surface area contributed by atoms with Crippen LogP contribution < -0.4 is 0 Å². The highest BCUT2D eigenvalue weighted by atomic mass is 16.5. The molecule has 1 aromatic heterocycles. The summed E-state index contributed by atoms with van der Waals surface area (Å²) in [7, 11) is 1.84. The average Bonchev–Trinajstić information content (AvgIpc) is 3.02. The van der Waals surface area contributed by atoms with Crippen LogP contribution in [0.25, 0.3) is 0 Å². The fourth-order valence-corrected chi connectivity index (χ4v) is 2.76. The maximum absolute atomic E-state index is 12.5. The average molecular weight is 329 g/mol. The molecule has 0 bridgehead atoms. The molecule has 7 nitrogen and oxygen atoms in total. The Bertz CT molecular complexity index is 673. The van der Waals surface area contributed by atoms with Gasteiger partial charge in [0, 0.05) is 26.7 Å². The lowest BCUT2D eigenvalue weighted by molar-refractivity contribution is -0.133. The van der Waals surface area contributed by atoms with E-state index in [0.29, 0.717) is 32.1 Å². The van der Waals surface area contributed by atoms with Gasteiger partial charge in [-0.25, -0.2) is 4.98 Å². The zero-order chi connectivity index (χ0) is 16.9. The molecule has 1 amide bonds. The summed E-state index contributed by atoms with van der Waals surface area (Å²) < 4.78 is 5.73. The number of carbonyl (C=O) groups is 1. The van der Waals surface area contributed by atoms with Gasteiger partial charge in [0.2, 0.25) is 5.91 Å². The maximum atomic E-state index is 12.5. The van der Waals surface area contributed by atoms with Crippen molar-refractivity contribution >= 4 is 5.91 Å². The fourth-order valence-electron chi connectivity index (χ4n) is 2.76. The summed E-state index contributed by atoms with van der Waals surface area (Å²) in [6.45, 7) is 4.81. The smallest absolute Gasteiger partial charge is 0.236 e. The van der Waals surface area contributed by atoms with Crippen molar-refractivity contribution in [3.8, 4) is 0 Å². The van der Waals surface area contributed by atoms with Gasteiger partial charge in [0.05, 0.1) is 13.2 Å². The van der Waals surface area contributed by atoms with Crippen LogP contribution in [0.15, 0.2) is 30.3 Å². The highest BCUT2D eigenvalue weighted by Gasteiger charge is 2.26. The normalized spacial score (nSPS) is 18.5. The van der Waals surface area contributed by atoms with Gasteiger partial charge in [-0.15, -0.1) is 0 Å². The van der Waals surface area contributed by atoms with Crippen LogP contribution in [0.4, 0.5) is 0 Å². The number of ether oxygens (including phenoxy) is 1. The summed E-state index contributed by atoms with van der Waals surface area (Å²) in [4.78, 5) is 20.7. The quantitative estimate of drug-likeness (QED) is 0.890. The summed E-state index contributed by atoms with van der Waals surface area (Å²) in [5.74, 6) is 1.53. The molecule has 1 atom stereocenters. The Hall–Kier alpha value is -2.25. The van der Waals surface area contributed by atoms with Crippen LogP contribution in [-0.2, 0) is 16.1 Å². The maximum Gasteiger partial charge on any atom is 0.236 e. The van der Waals surface area contributed by atoms with Crippen molar-refractivity contribution in [3.05, 3.63) is 47.5 Å². The number of nitrogens with one attached hydrogen (secondary N) is 1. The van der Waals surface area contributed by atoms with E-state index >= 15 is 0 Å². The molecule has 2 heterocycles. The summed E-state index contributed by atoms with van der Waals surface area (Å²) in [6.07, 6.45) is -0.184. The molecule has 24 heavy (non-hydrogen) atoms. The molecule has 7 heteroatoms. The van der Waals surface area contributed by atoms with Gasteiger partial charge in [-0.05, 0) is 12.5 Å². The van der Waals surface area contributed by atoms with Crippen LogP contribution in [0.3, 0.4) is 0 Å². The number of aromatic nitrogens is 3. The molecule has 1 aliphatic heterocycles. The van der Waals surface area contributed by atoms with E-state index < -0.39 is 0 Å². The number of hydrogen-bond donors (Lipinski definition) is 1. The van der Waals surface area contributed by atoms with Crippen molar-refractivity contribution in [2.75, 3.05) is 33.3 Å². The number of morpholine rings is 1. The standard InChI is InChI=1S/C17H23N5O2/c1-13-18-17(20-19-13)15-11-22(8-9-24-15)12-16(23)21(2)10-14-6-4-3-5-7-14/h3-7,15H,8-12H2,1-2H3,(H,18,19,20)/t15-/m0/s1. The minimum atomic E-state index is -0.184. The molecule has 0 aliphatic carbocycles. The van der Waals surface area contributed by atoms with Gasteiger partial charge in [0.15, 0.2) is 5.82 Å². The van der Waals surface area contributed by atoms with Gasteiger partial charge in [-0.2, -0.15) is 5.10 Å². The first-order chi connectivity index (χ1) is 11.6. The SMILES string of the molecule is Cc1nc([C@@H]2CN(CC(=O)N(C)Cc3ccccc3)CCO2)n[nH]1. The third-order valence-electron chi connectivity index (χ3n) is 4.10. The van der Waals surface area contributed by atoms with Crippen LogP contribution >= 0.6 is 0 Å². The number of likely N-dealkylation sites (N-methyl/N-ethyl adjacent to an activating group) is 1. The Kier molecular flexibility index (Phi) is 5.22. The molecular formula is C17H23N5O2. The largest absolute Gasteiger partial charge is 0.367 e. The molecule has 1 N–H and O–H groups in total. The van der Waals surface area contributed by atoms with E-state index in [1.54, 1.807) is 4.90 Å². The molecule has 0 unspecified atom stereocenters. The van der Waals surface area contributed by atoms with E-state index in [1.807, 2.05) is 44.3 Å². The Morgan fingerprint density at radius 3 is 2.92 bits per heavy atom. The molecule has 2 aromatic rings. The van der Waals surface area contributed by atoms with Crippen molar-refractivity contribution in [1.29, 1.82) is 0 Å². The fraction of sp³-hybridized carbons (Fsp3) is 0.471. The van der Waals surface area contributed by atoms with Crippen molar-refractivity contribution in [1.82, 2.24) is 25.0 Å². The first kappa shape index (κ1) is 16.6. The van der Waals surface area contributed by atoms with Crippen molar-refractivity contribution in [2.24, 2.45) is 0 Å². The van der Waals surface area contributed by atoms with E-state index in [0.717, 1.165) is 17.9 Å². The number of hydrogen-bond acceptors (Lipinski definition) is 5. The molecule has 0 radical (unpaired) electrons. The molecule has 1 saturated heterocycles. The summed E-state index contributed by atoms with van der Waals surface area (Å²) in [6, 6.07) is 10.0. The first-order valence-electron chi connectivity index (χ1n) is 8.12. The van der Waals surface area contributed by atoms with Crippen molar-refractivity contribution in [2.45, 2.75) is 19.6 Å². The number of amides is 1. The van der Waals surface area contributed by atoms with E-state index in [4.69, 9.17) is 4.74 Å². The topological polar surface area (TPSA) is 74.3 Å². The third kappa shape index (κ3) is 4.18. The lowest BCUT2D eigenvalue weighted by Gasteiger charge is -2.32. The van der Waals surface area contributed by atoms with Gasteiger partial charge in [-0.1, -0.05) is 30.3 Å². The zero-order valence-electron chi connectivity index (χ0n) is 14.1. The van der Waals surface area contributed by atoms with Crippen LogP contribution in [-0.4, -0.2) is 64.2 Å². The van der Waals surface area contributed by atoms with Crippen molar-refractivity contribution in [3.63, 3.8) is 0 Å². The molecule has 1 aliphatic rings. The van der Waals surface area contributed by atoms with E-state index in [1.165, 1.54) is 0 Å².